The quantitative estimate of drug-likeness (QED) is 0.620. The molecule has 0 N–H and O–H groups in total. The minimum atomic E-state index is -3.87. The van der Waals surface area contributed by atoms with Crippen molar-refractivity contribution in [2.45, 2.75) is 4.90 Å². The molecule has 8 heteroatoms. The van der Waals surface area contributed by atoms with Crippen molar-refractivity contribution in [3.63, 3.8) is 0 Å². The van der Waals surface area contributed by atoms with Crippen LogP contribution in [0.3, 0.4) is 0 Å². The summed E-state index contributed by atoms with van der Waals surface area (Å²) < 4.78 is 37.5. The lowest BCUT2D eigenvalue weighted by Gasteiger charge is -2.04. The van der Waals surface area contributed by atoms with Crippen LogP contribution >= 0.6 is 34.5 Å². The largest absolute Gasteiger partial charge is 0.292 e. The second-order valence-corrected chi connectivity index (χ2v) is 7.97. The Balaban J connectivity index is 2.27. The van der Waals surface area contributed by atoms with Crippen LogP contribution in [0.1, 0.15) is 9.67 Å². The zero-order valence-electron chi connectivity index (χ0n) is 9.77. The monoisotopic (exact) mass is 352 g/mol. The van der Waals surface area contributed by atoms with Gasteiger partial charge in [0.25, 0.3) is 0 Å². The molecule has 1 aromatic heterocycles. The van der Waals surface area contributed by atoms with Crippen LogP contribution in [0.25, 0.3) is 0 Å². The molecule has 0 aliphatic heterocycles. The number of benzene rings is 1. The van der Waals surface area contributed by atoms with Crippen LogP contribution in [0.5, 0.6) is 0 Å². The van der Waals surface area contributed by atoms with Gasteiger partial charge in [-0.05, 0) is 30.3 Å². The van der Waals surface area contributed by atoms with Gasteiger partial charge in [0.05, 0.1) is 19.1 Å². The molecule has 0 saturated heterocycles. The molecule has 1 heterocycles. The molecular weight excluding hydrogens is 346 g/mol. The summed E-state index contributed by atoms with van der Waals surface area (Å²) in [5.41, 5.74) is 0. The first-order valence-electron chi connectivity index (χ1n) is 5.26. The summed E-state index contributed by atoms with van der Waals surface area (Å²) in [4.78, 5) is 11.9. The van der Waals surface area contributed by atoms with Crippen molar-refractivity contribution in [1.29, 1.82) is 0 Å². The van der Waals surface area contributed by atoms with Crippen molar-refractivity contribution in [1.82, 2.24) is 0 Å². The van der Waals surface area contributed by atoms with Gasteiger partial charge < -0.3 is 0 Å². The molecule has 0 atom stereocenters. The zero-order chi connectivity index (χ0) is 14.9. The second-order valence-electron chi connectivity index (χ2n) is 3.86. The standard InChI is InChI=1S/C12H7Cl2FO3S2/c13-8-5-7(1-2-9(8)15)20(17,18)6-10(16)11-3-4-12(14)19-11/h1-5H,6H2. The minimum Gasteiger partial charge on any atom is -0.292 e. The summed E-state index contributed by atoms with van der Waals surface area (Å²) in [7, 11) is -3.87. The summed E-state index contributed by atoms with van der Waals surface area (Å²) in [6.07, 6.45) is 0. The first-order valence-corrected chi connectivity index (χ1v) is 8.48. The molecule has 0 radical (unpaired) electrons. The Morgan fingerprint density at radius 3 is 2.45 bits per heavy atom. The summed E-state index contributed by atoms with van der Waals surface area (Å²) in [6.45, 7) is 0. The molecule has 0 bridgehead atoms. The first-order chi connectivity index (χ1) is 9.29. The minimum absolute atomic E-state index is 0.195. The number of hydrogen-bond donors (Lipinski definition) is 0. The molecule has 2 aromatic rings. The van der Waals surface area contributed by atoms with Crippen molar-refractivity contribution in [3.05, 3.63) is 50.4 Å². The number of Topliss-reactive ketones (excluding diaryl/α,β-unsaturated/α-hetero) is 1. The molecule has 0 spiro atoms. The molecule has 106 valence electrons. The fourth-order valence-corrected chi connectivity index (χ4v) is 4.02. The highest BCUT2D eigenvalue weighted by molar-refractivity contribution is 7.92. The third kappa shape index (κ3) is 3.38. The molecule has 0 fully saturated rings. The lowest BCUT2D eigenvalue weighted by Crippen LogP contribution is -2.15. The van der Waals surface area contributed by atoms with E-state index in [1.54, 1.807) is 0 Å². The van der Waals surface area contributed by atoms with Gasteiger partial charge in [-0.25, -0.2) is 12.8 Å². The van der Waals surface area contributed by atoms with Crippen LogP contribution < -0.4 is 0 Å². The SMILES string of the molecule is O=C(CS(=O)(=O)c1ccc(F)c(Cl)c1)c1ccc(Cl)s1. The Hall–Kier alpha value is -0.950. The normalized spacial score (nSPS) is 11.6. The van der Waals surface area contributed by atoms with E-state index >= 15 is 0 Å². The summed E-state index contributed by atoms with van der Waals surface area (Å²) >= 11 is 12.2. The summed E-state index contributed by atoms with van der Waals surface area (Å²) in [5, 5.41) is -0.308. The van der Waals surface area contributed by atoms with Gasteiger partial charge in [-0.1, -0.05) is 23.2 Å². The number of halogens is 3. The number of carbonyl (C=O) groups excluding carboxylic acids is 1. The topological polar surface area (TPSA) is 51.2 Å². The van der Waals surface area contributed by atoms with E-state index in [2.05, 4.69) is 0 Å². The van der Waals surface area contributed by atoms with Crippen LogP contribution in [0, 0.1) is 5.82 Å². The maximum atomic E-state index is 13.0. The molecule has 0 amide bonds. The Labute approximate surface area is 128 Å². The average molecular weight is 353 g/mol. The highest BCUT2D eigenvalue weighted by Crippen LogP contribution is 2.24. The van der Waals surface area contributed by atoms with E-state index in [9.17, 15) is 17.6 Å². The van der Waals surface area contributed by atoms with Crippen LogP contribution in [-0.2, 0) is 9.84 Å². The maximum Gasteiger partial charge on any atom is 0.188 e. The number of hydrogen-bond acceptors (Lipinski definition) is 4. The molecule has 1 aromatic carbocycles. The average Bonchev–Trinajstić information content (AvgIpc) is 2.79. The van der Waals surface area contributed by atoms with Gasteiger partial charge in [-0.2, -0.15) is 0 Å². The lowest BCUT2D eigenvalue weighted by atomic mass is 10.3. The predicted octanol–water partition coefficient (Wildman–Crippen LogP) is 3.85. The van der Waals surface area contributed by atoms with E-state index in [1.165, 1.54) is 12.1 Å². The van der Waals surface area contributed by atoms with E-state index in [0.717, 1.165) is 29.5 Å². The van der Waals surface area contributed by atoms with Gasteiger partial charge >= 0.3 is 0 Å². The molecule has 0 unspecified atom stereocenters. The van der Waals surface area contributed by atoms with Crippen molar-refractivity contribution in [2.75, 3.05) is 5.75 Å². The van der Waals surface area contributed by atoms with E-state index in [1.807, 2.05) is 0 Å². The van der Waals surface area contributed by atoms with Crippen LogP contribution in [0.4, 0.5) is 4.39 Å². The third-order valence-electron chi connectivity index (χ3n) is 2.42. The Kier molecular flexibility index (Phi) is 4.49. The Morgan fingerprint density at radius 1 is 1.20 bits per heavy atom. The fourth-order valence-electron chi connectivity index (χ4n) is 1.46. The predicted molar refractivity (Wildman–Crippen MR) is 77.1 cm³/mol. The number of rotatable bonds is 4. The molecule has 2 rings (SSSR count). The van der Waals surface area contributed by atoms with Crippen molar-refractivity contribution in [3.8, 4) is 0 Å². The highest BCUT2D eigenvalue weighted by Gasteiger charge is 2.22. The van der Waals surface area contributed by atoms with Gasteiger partial charge in [-0.3, -0.25) is 4.79 Å². The molecular formula is C12H7Cl2FO3S2. The van der Waals surface area contributed by atoms with Crippen molar-refractivity contribution in [2.24, 2.45) is 0 Å². The van der Waals surface area contributed by atoms with Crippen molar-refractivity contribution >= 4 is 50.2 Å². The Bertz CT molecular complexity index is 769. The number of sulfone groups is 1. The molecule has 20 heavy (non-hydrogen) atoms. The molecule has 0 aliphatic rings. The van der Waals surface area contributed by atoms with Crippen LogP contribution in [0.15, 0.2) is 35.2 Å². The zero-order valence-corrected chi connectivity index (χ0v) is 12.9. The second kappa shape index (κ2) is 5.81. The lowest BCUT2D eigenvalue weighted by molar-refractivity contribution is 0.102. The van der Waals surface area contributed by atoms with Crippen LogP contribution in [-0.4, -0.2) is 20.0 Å². The van der Waals surface area contributed by atoms with E-state index < -0.39 is 27.2 Å². The summed E-state index contributed by atoms with van der Waals surface area (Å²) in [6, 6.07) is 5.98. The summed E-state index contributed by atoms with van der Waals surface area (Å²) in [5.74, 6) is -2.00. The Morgan fingerprint density at radius 2 is 1.90 bits per heavy atom. The number of carbonyl (C=O) groups is 1. The van der Waals surface area contributed by atoms with Gasteiger partial charge in [0, 0.05) is 0 Å². The fraction of sp³-hybridized carbons (Fsp3) is 0.0833. The van der Waals surface area contributed by atoms with E-state index in [4.69, 9.17) is 23.2 Å². The van der Waals surface area contributed by atoms with E-state index in [-0.39, 0.29) is 14.8 Å². The van der Waals surface area contributed by atoms with Crippen molar-refractivity contribution < 1.29 is 17.6 Å². The molecule has 0 saturated carbocycles. The smallest absolute Gasteiger partial charge is 0.188 e. The third-order valence-corrected chi connectivity index (χ3v) is 5.60. The highest BCUT2D eigenvalue weighted by atomic mass is 35.5. The number of thiophene rings is 1. The van der Waals surface area contributed by atoms with Gasteiger partial charge in [0.1, 0.15) is 11.6 Å². The maximum absolute atomic E-state index is 13.0. The van der Waals surface area contributed by atoms with Gasteiger partial charge in [-0.15, -0.1) is 11.3 Å². The van der Waals surface area contributed by atoms with Gasteiger partial charge in [0.2, 0.25) is 0 Å². The molecule has 3 nitrogen and oxygen atoms in total. The first kappa shape index (κ1) is 15.4. The van der Waals surface area contributed by atoms with E-state index in [0.29, 0.717) is 4.34 Å². The van der Waals surface area contributed by atoms with Crippen LogP contribution in [0.2, 0.25) is 9.36 Å². The van der Waals surface area contributed by atoms with Gasteiger partial charge in [0.15, 0.2) is 15.6 Å². The molecule has 0 aliphatic carbocycles. The number of ketones is 1.